The molecule has 102 valence electrons. The van der Waals surface area contributed by atoms with Gasteiger partial charge in [0.1, 0.15) is 0 Å². The molecule has 0 radical (unpaired) electrons. The Hall–Kier alpha value is -0.380. The molecular weight excluding hydrogens is 288 g/mol. The summed E-state index contributed by atoms with van der Waals surface area (Å²) in [6.07, 6.45) is 0. The molecular formula is C15H25BrN2. The van der Waals surface area contributed by atoms with Crippen LogP contribution in [0.4, 0.5) is 0 Å². The fraction of sp³-hybridized carbons (Fsp3) is 0.600. The lowest BCUT2D eigenvalue weighted by Gasteiger charge is -2.16. The van der Waals surface area contributed by atoms with Crippen LogP contribution in [-0.2, 0) is 6.54 Å². The average Bonchev–Trinajstić information content (AvgIpc) is 2.27. The Kier molecular flexibility index (Phi) is 6.90. The van der Waals surface area contributed by atoms with Crippen molar-refractivity contribution in [3.8, 4) is 0 Å². The van der Waals surface area contributed by atoms with Crippen LogP contribution in [0.5, 0.6) is 0 Å². The molecule has 1 aromatic rings. The van der Waals surface area contributed by atoms with Gasteiger partial charge in [0, 0.05) is 23.6 Å². The van der Waals surface area contributed by atoms with E-state index in [4.69, 9.17) is 0 Å². The van der Waals surface area contributed by atoms with Crippen LogP contribution < -0.4 is 10.6 Å². The SMILES string of the molecule is Cc1ccc(CNC(C)CNCC(C)C)c(Br)c1. The molecule has 3 heteroatoms. The molecule has 0 saturated heterocycles. The van der Waals surface area contributed by atoms with Gasteiger partial charge in [0.2, 0.25) is 0 Å². The Labute approximate surface area is 120 Å². The van der Waals surface area contributed by atoms with E-state index in [0.717, 1.165) is 19.6 Å². The topological polar surface area (TPSA) is 24.1 Å². The third-order valence-corrected chi connectivity index (χ3v) is 3.59. The number of hydrogen-bond donors (Lipinski definition) is 2. The highest BCUT2D eigenvalue weighted by molar-refractivity contribution is 9.10. The second kappa shape index (κ2) is 7.93. The molecule has 0 aliphatic rings. The maximum Gasteiger partial charge on any atom is 0.0222 e. The van der Waals surface area contributed by atoms with Crippen LogP contribution in [0, 0.1) is 12.8 Å². The molecule has 2 nitrogen and oxygen atoms in total. The largest absolute Gasteiger partial charge is 0.315 e. The molecule has 0 saturated carbocycles. The summed E-state index contributed by atoms with van der Waals surface area (Å²) in [6, 6.07) is 6.99. The van der Waals surface area contributed by atoms with Gasteiger partial charge in [-0.1, -0.05) is 41.9 Å². The van der Waals surface area contributed by atoms with E-state index in [-0.39, 0.29) is 0 Å². The van der Waals surface area contributed by atoms with Gasteiger partial charge in [0.05, 0.1) is 0 Å². The van der Waals surface area contributed by atoms with Crippen molar-refractivity contribution in [3.63, 3.8) is 0 Å². The number of nitrogens with one attached hydrogen (secondary N) is 2. The molecule has 18 heavy (non-hydrogen) atoms. The minimum atomic E-state index is 0.483. The molecule has 0 aliphatic heterocycles. The summed E-state index contributed by atoms with van der Waals surface area (Å²) in [5.74, 6) is 0.712. The Morgan fingerprint density at radius 3 is 2.50 bits per heavy atom. The molecule has 2 N–H and O–H groups in total. The standard InChI is InChI=1S/C15H25BrN2/c1-11(2)8-17-9-13(4)18-10-14-6-5-12(3)7-15(14)16/h5-7,11,13,17-18H,8-10H2,1-4H3. The summed E-state index contributed by atoms with van der Waals surface area (Å²) in [7, 11) is 0. The van der Waals surface area contributed by atoms with Gasteiger partial charge >= 0.3 is 0 Å². The van der Waals surface area contributed by atoms with Crippen LogP contribution in [0.1, 0.15) is 31.9 Å². The average molecular weight is 313 g/mol. The quantitative estimate of drug-likeness (QED) is 0.805. The van der Waals surface area contributed by atoms with E-state index in [9.17, 15) is 0 Å². The number of halogens is 1. The summed E-state index contributed by atoms with van der Waals surface area (Å²) in [5, 5.41) is 7.01. The van der Waals surface area contributed by atoms with Crippen molar-refractivity contribution in [1.82, 2.24) is 10.6 Å². The number of hydrogen-bond acceptors (Lipinski definition) is 2. The number of benzene rings is 1. The predicted molar refractivity (Wildman–Crippen MR) is 82.9 cm³/mol. The number of rotatable bonds is 7. The maximum atomic E-state index is 3.61. The summed E-state index contributed by atoms with van der Waals surface area (Å²) in [5.41, 5.74) is 2.61. The minimum Gasteiger partial charge on any atom is -0.315 e. The molecule has 0 fully saturated rings. The van der Waals surface area contributed by atoms with Gasteiger partial charge in [-0.25, -0.2) is 0 Å². The van der Waals surface area contributed by atoms with E-state index < -0.39 is 0 Å². The highest BCUT2D eigenvalue weighted by Crippen LogP contribution is 2.18. The van der Waals surface area contributed by atoms with Gasteiger partial charge in [0.15, 0.2) is 0 Å². The fourth-order valence-corrected chi connectivity index (χ4v) is 2.37. The van der Waals surface area contributed by atoms with Gasteiger partial charge in [-0.2, -0.15) is 0 Å². The molecule has 1 atom stereocenters. The van der Waals surface area contributed by atoms with Crippen molar-refractivity contribution in [2.75, 3.05) is 13.1 Å². The molecule has 0 aliphatic carbocycles. The van der Waals surface area contributed by atoms with Crippen LogP contribution in [-0.4, -0.2) is 19.1 Å². The summed E-state index contributed by atoms with van der Waals surface area (Å²) in [6.45, 7) is 11.8. The van der Waals surface area contributed by atoms with E-state index in [0.29, 0.717) is 12.0 Å². The van der Waals surface area contributed by atoms with Gasteiger partial charge in [-0.3, -0.25) is 0 Å². The first kappa shape index (κ1) is 15.7. The Morgan fingerprint density at radius 2 is 1.89 bits per heavy atom. The first-order chi connectivity index (χ1) is 8.49. The lowest BCUT2D eigenvalue weighted by molar-refractivity contribution is 0.472. The molecule has 1 aromatic carbocycles. The molecule has 0 bridgehead atoms. The van der Waals surface area contributed by atoms with Crippen molar-refractivity contribution < 1.29 is 0 Å². The highest BCUT2D eigenvalue weighted by atomic mass is 79.9. The summed E-state index contributed by atoms with van der Waals surface area (Å²) in [4.78, 5) is 0. The van der Waals surface area contributed by atoms with Crippen molar-refractivity contribution in [1.29, 1.82) is 0 Å². The van der Waals surface area contributed by atoms with Gasteiger partial charge in [-0.15, -0.1) is 0 Å². The smallest absolute Gasteiger partial charge is 0.0222 e. The molecule has 0 aromatic heterocycles. The zero-order chi connectivity index (χ0) is 13.5. The monoisotopic (exact) mass is 312 g/mol. The molecule has 1 unspecified atom stereocenters. The van der Waals surface area contributed by atoms with E-state index in [1.54, 1.807) is 0 Å². The molecule has 1 rings (SSSR count). The van der Waals surface area contributed by atoms with Gasteiger partial charge in [-0.05, 0) is 43.5 Å². The van der Waals surface area contributed by atoms with E-state index >= 15 is 0 Å². The maximum absolute atomic E-state index is 3.61. The van der Waals surface area contributed by atoms with Crippen LogP contribution >= 0.6 is 15.9 Å². The summed E-state index contributed by atoms with van der Waals surface area (Å²) >= 11 is 3.61. The molecule has 0 amide bonds. The Morgan fingerprint density at radius 1 is 1.17 bits per heavy atom. The first-order valence-corrected chi connectivity index (χ1v) is 7.47. The van der Waals surface area contributed by atoms with Gasteiger partial charge in [0.25, 0.3) is 0 Å². The molecule has 0 heterocycles. The highest BCUT2D eigenvalue weighted by Gasteiger charge is 2.04. The third-order valence-electron chi connectivity index (χ3n) is 2.85. The van der Waals surface area contributed by atoms with Crippen molar-refractivity contribution in [2.45, 2.75) is 40.3 Å². The fourth-order valence-electron chi connectivity index (χ4n) is 1.74. The zero-order valence-electron chi connectivity index (χ0n) is 11.9. The van der Waals surface area contributed by atoms with Gasteiger partial charge < -0.3 is 10.6 Å². The molecule has 0 spiro atoms. The summed E-state index contributed by atoms with van der Waals surface area (Å²) < 4.78 is 1.19. The van der Waals surface area contributed by atoms with Crippen LogP contribution in [0.2, 0.25) is 0 Å². The van der Waals surface area contributed by atoms with E-state index in [2.05, 4.69) is 72.5 Å². The van der Waals surface area contributed by atoms with Crippen molar-refractivity contribution >= 4 is 15.9 Å². The lowest BCUT2D eigenvalue weighted by Crippen LogP contribution is -2.37. The minimum absolute atomic E-state index is 0.483. The van der Waals surface area contributed by atoms with Crippen LogP contribution in [0.3, 0.4) is 0 Å². The van der Waals surface area contributed by atoms with Crippen LogP contribution in [0.15, 0.2) is 22.7 Å². The van der Waals surface area contributed by atoms with Crippen molar-refractivity contribution in [3.05, 3.63) is 33.8 Å². The number of aryl methyl sites for hydroxylation is 1. The zero-order valence-corrected chi connectivity index (χ0v) is 13.5. The Bertz CT molecular complexity index is 364. The normalized spacial score (nSPS) is 13.0. The van der Waals surface area contributed by atoms with E-state index in [1.165, 1.54) is 15.6 Å². The Balaban J connectivity index is 2.31. The second-order valence-corrected chi connectivity index (χ2v) is 6.28. The first-order valence-electron chi connectivity index (χ1n) is 6.68. The lowest BCUT2D eigenvalue weighted by atomic mass is 10.1. The van der Waals surface area contributed by atoms with Crippen molar-refractivity contribution in [2.24, 2.45) is 5.92 Å². The predicted octanol–water partition coefficient (Wildman–Crippen LogP) is 3.48. The second-order valence-electron chi connectivity index (χ2n) is 5.43. The third kappa shape index (κ3) is 5.98. The van der Waals surface area contributed by atoms with E-state index in [1.807, 2.05) is 0 Å². The van der Waals surface area contributed by atoms with Crippen LogP contribution in [0.25, 0.3) is 0 Å².